The third kappa shape index (κ3) is 13.8. The van der Waals surface area contributed by atoms with E-state index < -0.39 is 105 Å². The van der Waals surface area contributed by atoms with E-state index in [-0.39, 0.29) is 77.1 Å². The molecule has 3 saturated heterocycles. The molecule has 3 fully saturated rings. The second-order valence-corrected chi connectivity index (χ2v) is 25.6. The number of amides is 4. The molecule has 4 aliphatic rings. The van der Waals surface area contributed by atoms with Crippen molar-refractivity contribution in [3.63, 3.8) is 0 Å². The minimum Gasteiger partial charge on any atom is -0.444 e. The van der Waals surface area contributed by atoms with Crippen molar-refractivity contribution < 1.29 is 75.9 Å². The van der Waals surface area contributed by atoms with Crippen molar-refractivity contribution in [2.24, 2.45) is 11.8 Å². The first-order valence-corrected chi connectivity index (χ1v) is 31.0. The van der Waals surface area contributed by atoms with Crippen molar-refractivity contribution in [2.75, 3.05) is 36.1 Å². The highest BCUT2D eigenvalue weighted by molar-refractivity contribution is 8.44. The molecule has 0 saturated carbocycles. The van der Waals surface area contributed by atoms with E-state index in [1.165, 1.54) is 21.5 Å². The Morgan fingerprint density at radius 3 is 2.33 bits per heavy atom. The third-order valence-electron chi connectivity index (χ3n) is 13.7. The van der Waals surface area contributed by atoms with Crippen molar-refractivity contribution in [1.82, 2.24) is 49.3 Å². The topological polar surface area (TPSA) is 400 Å². The van der Waals surface area contributed by atoms with Crippen LogP contribution in [0.25, 0.3) is 22.3 Å². The molecule has 34 heteroatoms. The number of rotatable bonds is 18. The number of anilines is 3. The van der Waals surface area contributed by atoms with Gasteiger partial charge in [-0.3, -0.25) is 57.0 Å². The Labute approximate surface area is 476 Å². The molecule has 9 rings (SSSR count). The van der Waals surface area contributed by atoms with Gasteiger partial charge in [0.15, 0.2) is 46.4 Å². The molecule has 1 aromatic carbocycles. The number of imidazole rings is 2. The number of allylic oxidation sites excluding steroid dienone is 1. The van der Waals surface area contributed by atoms with Gasteiger partial charge in [-0.25, -0.2) is 29.3 Å². The second kappa shape index (κ2) is 25.2. The van der Waals surface area contributed by atoms with Gasteiger partial charge in [-0.1, -0.05) is 58.2 Å². The van der Waals surface area contributed by atoms with Gasteiger partial charge in [-0.2, -0.15) is 4.98 Å². The van der Waals surface area contributed by atoms with Crippen LogP contribution in [0.5, 0.6) is 0 Å². The van der Waals surface area contributed by atoms with E-state index in [0.717, 1.165) is 12.7 Å². The van der Waals surface area contributed by atoms with Crippen LogP contribution in [0.4, 0.5) is 22.2 Å². The first-order chi connectivity index (χ1) is 39.0. The maximum Gasteiger partial charge on any atom is 0.413 e. The number of nitrogens with zero attached hydrogens (tertiary/aromatic N) is 8. The van der Waals surface area contributed by atoms with Crippen LogP contribution in [0, 0.1) is 11.8 Å². The number of hydrogen-bond acceptors (Lipinski definition) is 23. The summed E-state index contributed by atoms with van der Waals surface area (Å²) in [7, 11) is 0. The summed E-state index contributed by atoms with van der Waals surface area (Å²) in [6.45, 7) is -0.801. The predicted molar refractivity (Wildman–Crippen MR) is 295 cm³/mol. The van der Waals surface area contributed by atoms with Crippen LogP contribution in [0.1, 0.15) is 70.9 Å². The van der Waals surface area contributed by atoms with E-state index in [1.807, 2.05) is 13.8 Å². The molecule has 440 valence electrons. The lowest BCUT2D eigenvalue weighted by atomic mass is 9.92. The largest absolute Gasteiger partial charge is 0.444 e. The fourth-order valence-electron chi connectivity index (χ4n) is 9.46. The van der Waals surface area contributed by atoms with Crippen LogP contribution < -0.4 is 27.2 Å². The molecule has 82 heavy (non-hydrogen) atoms. The van der Waals surface area contributed by atoms with Crippen molar-refractivity contribution in [3.8, 4) is 0 Å². The zero-order valence-corrected chi connectivity index (χ0v) is 47.6. The number of nitrogens with one attached hydrogen (secondary N) is 4. The number of aromatic nitrogens is 8. The number of carbonyl (C=O) groups excluding carboxylic acids is 5. The minimum absolute atomic E-state index is 0.0160. The van der Waals surface area contributed by atoms with Gasteiger partial charge >= 0.3 is 19.6 Å². The number of ether oxygens (including phenoxy) is 3. The van der Waals surface area contributed by atoms with Crippen molar-refractivity contribution in [2.45, 2.75) is 115 Å². The van der Waals surface area contributed by atoms with Gasteiger partial charge in [0.1, 0.15) is 49.6 Å². The quantitative estimate of drug-likeness (QED) is 0.0346. The van der Waals surface area contributed by atoms with E-state index in [1.54, 1.807) is 42.2 Å². The van der Waals surface area contributed by atoms with Gasteiger partial charge in [0.25, 0.3) is 11.5 Å². The Kier molecular flexibility index (Phi) is 18.5. The molecule has 9 N–H and O–H groups in total. The predicted octanol–water partition coefficient (Wildman–Crippen LogP) is 3.03. The Morgan fingerprint density at radius 1 is 0.902 bits per heavy atom. The molecule has 30 nitrogen and oxygen atoms in total. The molecule has 8 heterocycles. The van der Waals surface area contributed by atoms with Crippen LogP contribution in [0.2, 0.25) is 0 Å². The normalized spacial score (nSPS) is 27.4. The van der Waals surface area contributed by atoms with Crippen LogP contribution in [0.3, 0.4) is 0 Å². The van der Waals surface area contributed by atoms with Gasteiger partial charge in [0, 0.05) is 42.8 Å². The first kappa shape index (κ1) is 60.2. The highest BCUT2D eigenvalue weighted by Gasteiger charge is 2.53. The number of nitrogen functional groups attached to an aromatic ring is 1. The van der Waals surface area contributed by atoms with E-state index >= 15 is 0 Å². The fraction of sp³-hybridized carbons (Fsp3) is 0.479. The summed E-state index contributed by atoms with van der Waals surface area (Å²) in [5, 5.41) is 31.1. The molecule has 0 aliphatic carbocycles. The first-order valence-electron chi connectivity index (χ1n) is 25.7. The van der Waals surface area contributed by atoms with Crippen molar-refractivity contribution in [1.29, 1.82) is 0 Å². The molecular weight excluding hydrogens is 1160 g/mol. The number of unbranched alkanes of at least 4 members (excludes halogenated alkanes) is 2. The summed E-state index contributed by atoms with van der Waals surface area (Å²) in [6, 6.07) is 5.65. The Balaban J connectivity index is 0.772. The minimum atomic E-state index is -4.53. The van der Waals surface area contributed by atoms with Gasteiger partial charge in [-0.15, -0.1) is 0 Å². The zero-order valence-electron chi connectivity index (χ0n) is 44.1. The molecular formula is C48H59N13O17P2S2. The number of carbonyl (C=O) groups is 5. The van der Waals surface area contributed by atoms with Crippen molar-refractivity contribution >= 4 is 107 Å². The zero-order chi connectivity index (χ0) is 58.8. The van der Waals surface area contributed by atoms with E-state index in [4.69, 9.17) is 49.8 Å². The molecule has 2 bridgehead atoms. The van der Waals surface area contributed by atoms with Crippen LogP contribution in [-0.2, 0) is 74.5 Å². The van der Waals surface area contributed by atoms with Gasteiger partial charge in [-0.05, 0) is 54.3 Å². The number of Topliss-reactive ketones (excluding diaryl/α,β-unsaturated/α-hetero) is 1. The maximum absolute atomic E-state index is 14.0. The number of benzene rings is 1. The fourth-order valence-corrected chi connectivity index (χ4v) is 12.4. The van der Waals surface area contributed by atoms with E-state index in [9.17, 15) is 48.4 Å². The van der Waals surface area contributed by atoms with Gasteiger partial charge in [0.05, 0.1) is 31.9 Å². The standard InChI is InChI=1S/C48H59N13O17P2S2/c1-23(2)33(55-31(63)8-6-5-7-15-59-25(4)9-14-32(59)64)28(62)16-24(3)43(67)54-27-12-10-26(11-13-27)17-72-48(69)56-40-34-41(51-20-50-40)60(21-52-34)46-39-36(65)29(75-46)18-73-79(70,81)77-38-30(19-74-80(71,82)78-39)76-45(37(38)66)61-22-53-35-42(61)57-47(49)58-44(35)68/h9-14,20-24,29-30,33,36-39,45-46,65-66H,4-8,15-19H2,1-3H3,(H,54,67)(H,55,63)(H,70,81)(H,71,82)(H3,49,57,58,68)(H,50,51,56,69)/t24-,29-,30-,33+,36?,37?,38+,39+,45-,46-,79?,80?/m1/s1. The molecule has 0 radical (unpaired) electrons. The average molecular weight is 1220 g/mol. The molecule has 4 aromatic heterocycles. The monoisotopic (exact) mass is 1220 g/mol. The Morgan fingerprint density at radius 2 is 1.61 bits per heavy atom. The number of thiol groups is 1. The summed E-state index contributed by atoms with van der Waals surface area (Å²) >= 11 is 9.46. The SMILES string of the molecule is C=C1C=CC(=O)N1CCCCCC(=O)N[C@H](C(=O)C[C@@H](C)C(=O)Nc1ccc(COC(=O)Nc2ncnc3c2ncn3[C@@H]2O[C@@H]3COP(O)(=S)O[C@@H]4C(O)[C@H](n5cnc6c(=O)[nH]c(N)nc65)O[C@@H]4COP(=O)(S)O[C@H]2C3O)cc1)C(C)C. The Bertz CT molecular complexity index is 3440. The Hall–Kier alpha value is -6.38. The molecule has 12 atom stereocenters. The molecule has 0 spiro atoms. The van der Waals surface area contributed by atoms with Crippen molar-refractivity contribution in [3.05, 3.63) is 83.6 Å². The summed E-state index contributed by atoms with van der Waals surface area (Å²) in [5.41, 5.74) is 6.52. The van der Waals surface area contributed by atoms with Crippen LogP contribution in [-0.4, -0.2) is 151 Å². The maximum atomic E-state index is 14.0. The summed E-state index contributed by atoms with van der Waals surface area (Å²) < 4.78 is 56.9. The van der Waals surface area contributed by atoms with Crippen LogP contribution in [0.15, 0.2) is 72.5 Å². The van der Waals surface area contributed by atoms with Gasteiger partial charge in [0.2, 0.25) is 17.8 Å². The number of aliphatic hydroxyl groups excluding tert-OH is 2. The number of fused-ring (bicyclic) bond motifs is 5. The number of ketones is 1. The molecule has 4 aliphatic heterocycles. The van der Waals surface area contributed by atoms with E-state index in [2.05, 4.69) is 64.7 Å². The molecule has 4 unspecified atom stereocenters. The lowest BCUT2D eigenvalue weighted by Crippen LogP contribution is -2.45. The smallest absolute Gasteiger partial charge is 0.413 e. The number of H-pyrrole nitrogens is 1. The number of hydrogen-bond donors (Lipinski definition) is 9. The lowest BCUT2D eigenvalue weighted by molar-refractivity contribution is -0.130. The molecule has 5 aromatic rings. The summed E-state index contributed by atoms with van der Waals surface area (Å²) in [4.78, 5) is 113. The average Bonchev–Trinajstić information content (AvgIpc) is 3.04. The van der Waals surface area contributed by atoms with Crippen LogP contribution >= 0.6 is 25.8 Å². The second-order valence-electron chi connectivity index (χ2n) is 20.0. The number of aliphatic hydroxyl groups is 2. The lowest BCUT2D eigenvalue weighted by Gasteiger charge is -2.27. The number of nitrogens with two attached hydrogens (primary N) is 1. The third-order valence-corrected chi connectivity index (χ3v) is 16.9. The summed E-state index contributed by atoms with van der Waals surface area (Å²) in [6.07, 6.45) is -4.19. The molecule has 4 amide bonds. The highest BCUT2D eigenvalue weighted by Crippen LogP contribution is 2.58. The van der Waals surface area contributed by atoms with E-state index in [0.29, 0.717) is 42.8 Å². The highest BCUT2D eigenvalue weighted by atomic mass is 32.7. The number of aromatic amines is 1. The van der Waals surface area contributed by atoms with Gasteiger partial charge < -0.3 is 55.1 Å². The summed E-state index contributed by atoms with van der Waals surface area (Å²) in [5.74, 6) is -2.39.